The maximum absolute atomic E-state index is 13.0. The summed E-state index contributed by atoms with van der Waals surface area (Å²) < 4.78 is 12.6. The molecule has 7 heteroatoms. The zero-order valence-corrected chi connectivity index (χ0v) is 23.7. The molecule has 0 amide bonds. The Morgan fingerprint density at radius 3 is 2.25 bits per heavy atom. The molecule has 1 saturated carbocycles. The molecule has 1 aliphatic heterocycles. The highest BCUT2D eigenvalue weighted by molar-refractivity contribution is 5.98. The van der Waals surface area contributed by atoms with Gasteiger partial charge in [0, 0.05) is 36.2 Å². The number of aromatic hydroxyl groups is 1. The number of hydrogen-bond acceptors (Lipinski definition) is 6. The fourth-order valence-electron chi connectivity index (χ4n) is 6.87. The maximum Gasteiger partial charge on any atom is 0.347 e. The van der Waals surface area contributed by atoms with Gasteiger partial charge in [0.05, 0.1) is 18.4 Å². The molecule has 0 bridgehead atoms. The minimum Gasteiger partial charge on any atom is -0.507 e. The van der Waals surface area contributed by atoms with Crippen molar-refractivity contribution in [3.63, 3.8) is 0 Å². The standard InChI is InChI=1S/C33H40N2O5/c1-22-19-28(24-11-7-5-4-6-8-12-24)23(2)35(22)30-16-14-26(21-29(30)32(37)39-3)40-33(38)27-15-13-25(20-31(27)36)34-17-9-10-18-34/h9-10,13-18,20-24,28,36H,4-8,11-12,19H2,1-3H3. The number of carbonyl (C=O) groups excluding carboxylic acids is 2. The van der Waals surface area contributed by atoms with E-state index in [0.717, 1.165) is 17.8 Å². The van der Waals surface area contributed by atoms with Gasteiger partial charge in [-0.15, -0.1) is 0 Å². The van der Waals surface area contributed by atoms with Crippen LogP contribution in [0.4, 0.5) is 5.69 Å². The number of anilines is 1. The molecule has 40 heavy (non-hydrogen) atoms. The number of esters is 2. The van der Waals surface area contributed by atoms with E-state index in [4.69, 9.17) is 9.47 Å². The number of benzene rings is 2. The summed E-state index contributed by atoms with van der Waals surface area (Å²) in [6.07, 6.45) is 14.0. The Balaban J connectivity index is 1.37. The third-order valence-corrected chi connectivity index (χ3v) is 8.87. The molecule has 1 saturated heterocycles. The van der Waals surface area contributed by atoms with Crippen molar-refractivity contribution in [1.29, 1.82) is 0 Å². The van der Waals surface area contributed by atoms with E-state index >= 15 is 0 Å². The largest absolute Gasteiger partial charge is 0.507 e. The zero-order valence-electron chi connectivity index (χ0n) is 23.7. The first-order chi connectivity index (χ1) is 19.4. The van der Waals surface area contributed by atoms with Gasteiger partial charge in [-0.25, -0.2) is 9.59 Å². The Morgan fingerprint density at radius 2 is 1.57 bits per heavy atom. The smallest absolute Gasteiger partial charge is 0.347 e. The van der Waals surface area contributed by atoms with E-state index in [2.05, 4.69) is 18.7 Å². The summed E-state index contributed by atoms with van der Waals surface area (Å²) in [6.45, 7) is 4.51. The molecule has 3 aromatic rings. The fourth-order valence-corrected chi connectivity index (χ4v) is 6.87. The Morgan fingerprint density at radius 1 is 0.875 bits per heavy atom. The summed E-state index contributed by atoms with van der Waals surface area (Å²) >= 11 is 0. The number of nitrogens with zero attached hydrogens (tertiary/aromatic N) is 2. The van der Waals surface area contributed by atoms with Crippen LogP contribution in [0.5, 0.6) is 11.5 Å². The number of phenolic OH excluding ortho intramolecular Hbond substituents is 1. The first-order valence-electron chi connectivity index (χ1n) is 14.6. The van der Waals surface area contributed by atoms with Gasteiger partial charge in [0.25, 0.3) is 0 Å². The molecule has 0 radical (unpaired) electrons. The minimum atomic E-state index is -0.702. The van der Waals surface area contributed by atoms with Crippen LogP contribution in [0.3, 0.4) is 0 Å². The van der Waals surface area contributed by atoms with Gasteiger partial charge in [-0.2, -0.15) is 0 Å². The molecule has 1 aromatic heterocycles. The molecule has 212 valence electrons. The number of rotatable bonds is 6. The van der Waals surface area contributed by atoms with Crippen LogP contribution >= 0.6 is 0 Å². The topological polar surface area (TPSA) is 81.0 Å². The lowest BCUT2D eigenvalue weighted by Gasteiger charge is -2.34. The zero-order chi connectivity index (χ0) is 28.2. The molecular formula is C33H40N2O5. The number of hydrogen-bond donors (Lipinski definition) is 1. The van der Waals surface area contributed by atoms with Crippen LogP contribution < -0.4 is 9.64 Å². The fraction of sp³-hybridized carbons (Fsp3) is 0.455. The van der Waals surface area contributed by atoms with Crippen molar-refractivity contribution < 1.29 is 24.2 Å². The lowest BCUT2D eigenvalue weighted by atomic mass is 9.78. The van der Waals surface area contributed by atoms with Gasteiger partial charge in [-0.1, -0.05) is 44.9 Å². The molecule has 2 aliphatic rings. The second-order valence-corrected chi connectivity index (χ2v) is 11.4. The van der Waals surface area contributed by atoms with Crippen molar-refractivity contribution >= 4 is 17.6 Å². The molecule has 1 N–H and O–H groups in total. The SMILES string of the molecule is COC(=O)c1cc(OC(=O)c2ccc(-n3cccc3)cc2O)ccc1N1C(C)CC(C2CCCCCCC2)C1C. The molecule has 1 aliphatic carbocycles. The Hall–Kier alpha value is -3.74. The average molecular weight is 545 g/mol. The van der Waals surface area contributed by atoms with Gasteiger partial charge in [-0.3, -0.25) is 0 Å². The highest BCUT2D eigenvalue weighted by Crippen LogP contribution is 2.44. The van der Waals surface area contributed by atoms with Gasteiger partial charge in [0.15, 0.2) is 0 Å². The van der Waals surface area contributed by atoms with E-state index in [0.29, 0.717) is 17.4 Å². The van der Waals surface area contributed by atoms with Gasteiger partial charge >= 0.3 is 11.9 Å². The van der Waals surface area contributed by atoms with Crippen LogP contribution in [-0.4, -0.2) is 40.8 Å². The second kappa shape index (κ2) is 12.2. The first-order valence-corrected chi connectivity index (χ1v) is 14.6. The number of methoxy groups -OCH3 is 1. The molecule has 5 rings (SSSR count). The van der Waals surface area contributed by atoms with Gasteiger partial charge < -0.3 is 24.0 Å². The summed E-state index contributed by atoms with van der Waals surface area (Å²) in [5, 5.41) is 10.5. The monoisotopic (exact) mass is 544 g/mol. The minimum absolute atomic E-state index is 0.0448. The van der Waals surface area contributed by atoms with Crippen LogP contribution in [0.2, 0.25) is 0 Å². The molecule has 3 unspecified atom stereocenters. The van der Waals surface area contributed by atoms with Crippen LogP contribution in [0.1, 0.15) is 85.9 Å². The van der Waals surface area contributed by atoms with E-state index < -0.39 is 11.9 Å². The molecule has 2 aromatic carbocycles. The van der Waals surface area contributed by atoms with E-state index in [-0.39, 0.29) is 29.1 Å². The van der Waals surface area contributed by atoms with Crippen molar-refractivity contribution in [3.8, 4) is 17.2 Å². The Bertz CT molecular complexity index is 1330. The summed E-state index contributed by atoms with van der Waals surface area (Å²) in [7, 11) is 1.36. The van der Waals surface area contributed by atoms with E-state index in [9.17, 15) is 14.7 Å². The summed E-state index contributed by atoms with van der Waals surface area (Å²) in [4.78, 5) is 28.3. The quantitative estimate of drug-likeness (QED) is 0.262. The molecule has 7 nitrogen and oxygen atoms in total. The lowest BCUT2D eigenvalue weighted by molar-refractivity contribution is 0.0598. The van der Waals surface area contributed by atoms with E-state index in [1.165, 1.54) is 64.2 Å². The number of carbonyl (C=O) groups is 2. The van der Waals surface area contributed by atoms with E-state index in [1.807, 2.05) is 35.2 Å². The average Bonchev–Trinajstić information content (AvgIpc) is 3.56. The summed E-state index contributed by atoms with van der Waals surface area (Å²) in [6, 6.07) is 14.3. The molecule has 3 atom stereocenters. The lowest BCUT2D eigenvalue weighted by Crippen LogP contribution is -2.37. The Kier molecular flexibility index (Phi) is 8.48. The van der Waals surface area contributed by atoms with Crippen LogP contribution in [-0.2, 0) is 4.74 Å². The van der Waals surface area contributed by atoms with Crippen molar-refractivity contribution in [2.75, 3.05) is 12.0 Å². The Labute approximate surface area is 236 Å². The number of ether oxygens (including phenoxy) is 2. The summed E-state index contributed by atoms with van der Waals surface area (Å²) in [5.74, 6) is 0.155. The maximum atomic E-state index is 13.0. The van der Waals surface area contributed by atoms with Crippen molar-refractivity contribution in [2.24, 2.45) is 11.8 Å². The predicted molar refractivity (Wildman–Crippen MR) is 155 cm³/mol. The third-order valence-electron chi connectivity index (χ3n) is 8.87. The van der Waals surface area contributed by atoms with Crippen molar-refractivity contribution in [2.45, 2.75) is 77.3 Å². The summed E-state index contributed by atoms with van der Waals surface area (Å²) in [5.41, 5.74) is 1.95. The highest BCUT2D eigenvalue weighted by Gasteiger charge is 2.41. The molecule has 0 spiro atoms. The number of aromatic nitrogens is 1. The highest BCUT2D eigenvalue weighted by atomic mass is 16.5. The molecule has 2 heterocycles. The van der Waals surface area contributed by atoms with Crippen LogP contribution in [0.15, 0.2) is 60.9 Å². The van der Waals surface area contributed by atoms with Crippen LogP contribution in [0, 0.1) is 11.8 Å². The molecule has 2 fully saturated rings. The van der Waals surface area contributed by atoms with Gasteiger partial charge in [0.1, 0.15) is 17.1 Å². The van der Waals surface area contributed by atoms with Crippen molar-refractivity contribution in [3.05, 3.63) is 72.1 Å². The van der Waals surface area contributed by atoms with Crippen LogP contribution in [0.25, 0.3) is 5.69 Å². The predicted octanol–water partition coefficient (Wildman–Crippen LogP) is 7.15. The second-order valence-electron chi connectivity index (χ2n) is 11.4. The normalized spacial score (nSPS) is 22.0. The number of phenols is 1. The molecular weight excluding hydrogens is 504 g/mol. The van der Waals surface area contributed by atoms with Gasteiger partial charge in [0.2, 0.25) is 0 Å². The third kappa shape index (κ3) is 5.74. The van der Waals surface area contributed by atoms with Crippen molar-refractivity contribution in [1.82, 2.24) is 4.57 Å². The van der Waals surface area contributed by atoms with E-state index in [1.54, 1.807) is 18.2 Å². The van der Waals surface area contributed by atoms with Gasteiger partial charge in [-0.05, 0) is 74.6 Å². The first kappa shape index (κ1) is 27.8.